The summed E-state index contributed by atoms with van der Waals surface area (Å²) in [5.41, 5.74) is -0.208. The second-order valence-corrected chi connectivity index (χ2v) is 3.99. The minimum absolute atomic E-state index is 0.0107. The number of aliphatic hydroxyl groups is 1. The molecule has 0 aromatic heterocycles. The maximum Gasteiger partial charge on any atom is 0.328 e. The number of carbonyl (C=O) groups is 3. The molecule has 0 saturated carbocycles. The Balaban J connectivity index is 3.00. The summed E-state index contributed by atoms with van der Waals surface area (Å²) in [5.74, 6) is -2.79. The van der Waals surface area contributed by atoms with Crippen LogP contribution in [0.1, 0.15) is 17.3 Å². The van der Waals surface area contributed by atoms with E-state index in [1.807, 2.05) is 0 Å². The largest absolute Gasteiger partial charge is 0.505 e. The first kappa shape index (κ1) is 15.4. The van der Waals surface area contributed by atoms with E-state index < -0.39 is 29.8 Å². The number of hydrogen-bond donors (Lipinski definition) is 5. The Morgan fingerprint density at radius 2 is 2.00 bits per heavy atom. The SMILES string of the molecule is CC(O)C(NC(=O)c1cccc(NC=O)c1O)C(=O)O. The van der Waals surface area contributed by atoms with Crippen molar-refractivity contribution in [2.45, 2.75) is 19.1 Å². The smallest absolute Gasteiger partial charge is 0.328 e. The molecule has 0 aliphatic carbocycles. The van der Waals surface area contributed by atoms with Crippen molar-refractivity contribution in [3.05, 3.63) is 23.8 Å². The van der Waals surface area contributed by atoms with Crippen LogP contribution in [0.25, 0.3) is 0 Å². The first-order chi connectivity index (χ1) is 9.38. The fourth-order valence-electron chi connectivity index (χ4n) is 1.51. The van der Waals surface area contributed by atoms with Crippen LogP contribution in [0.4, 0.5) is 5.69 Å². The molecular weight excluding hydrogens is 268 g/mol. The summed E-state index contributed by atoms with van der Waals surface area (Å²) in [6, 6.07) is 2.51. The van der Waals surface area contributed by atoms with E-state index in [1.165, 1.54) is 25.1 Å². The highest BCUT2D eigenvalue weighted by Crippen LogP contribution is 2.26. The number of amides is 2. The third-order valence-corrected chi connectivity index (χ3v) is 2.53. The molecule has 0 saturated heterocycles. The average Bonchev–Trinajstić information content (AvgIpc) is 2.37. The molecule has 0 heterocycles. The summed E-state index contributed by atoms with van der Waals surface area (Å²) in [6.45, 7) is 1.21. The summed E-state index contributed by atoms with van der Waals surface area (Å²) in [4.78, 5) is 33.1. The van der Waals surface area contributed by atoms with Crippen molar-refractivity contribution >= 4 is 24.0 Å². The van der Waals surface area contributed by atoms with Crippen LogP contribution in [0.2, 0.25) is 0 Å². The van der Waals surface area contributed by atoms with Crippen molar-refractivity contribution in [2.75, 3.05) is 5.32 Å². The van der Waals surface area contributed by atoms with Crippen LogP contribution in [0.3, 0.4) is 0 Å². The van der Waals surface area contributed by atoms with Gasteiger partial charge in [-0.1, -0.05) is 6.07 Å². The lowest BCUT2D eigenvalue weighted by Gasteiger charge is -2.17. The van der Waals surface area contributed by atoms with Crippen molar-refractivity contribution in [1.82, 2.24) is 5.32 Å². The number of hydrogen-bond acceptors (Lipinski definition) is 5. The summed E-state index contributed by atoms with van der Waals surface area (Å²) in [7, 11) is 0. The Kier molecular flexibility index (Phi) is 5.04. The minimum Gasteiger partial charge on any atom is -0.505 e. The second-order valence-electron chi connectivity index (χ2n) is 3.99. The number of aliphatic hydroxyl groups excluding tert-OH is 1. The third kappa shape index (κ3) is 3.45. The number of carboxylic acids is 1. The topological polar surface area (TPSA) is 136 Å². The van der Waals surface area contributed by atoms with Crippen molar-refractivity contribution in [3.63, 3.8) is 0 Å². The van der Waals surface area contributed by atoms with Gasteiger partial charge in [0.05, 0.1) is 17.4 Å². The highest BCUT2D eigenvalue weighted by atomic mass is 16.4. The van der Waals surface area contributed by atoms with E-state index in [-0.39, 0.29) is 11.3 Å². The molecule has 1 aromatic carbocycles. The van der Waals surface area contributed by atoms with Gasteiger partial charge in [0.2, 0.25) is 6.41 Å². The van der Waals surface area contributed by atoms with E-state index in [2.05, 4.69) is 10.6 Å². The highest BCUT2D eigenvalue weighted by molar-refractivity contribution is 6.01. The van der Waals surface area contributed by atoms with Crippen LogP contribution < -0.4 is 10.6 Å². The number of phenolic OH excluding ortho intramolecular Hbond substituents is 1. The van der Waals surface area contributed by atoms with E-state index in [0.29, 0.717) is 6.41 Å². The summed E-state index contributed by atoms with van der Waals surface area (Å²) >= 11 is 0. The Labute approximate surface area is 114 Å². The molecule has 8 heteroatoms. The lowest BCUT2D eigenvalue weighted by Crippen LogP contribution is -2.47. The quantitative estimate of drug-likeness (QED) is 0.353. The molecular formula is C12H14N2O6. The Morgan fingerprint density at radius 1 is 1.35 bits per heavy atom. The van der Waals surface area contributed by atoms with Gasteiger partial charge in [0.1, 0.15) is 0 Å². The summed E-state index contributed by atoms with van der Waals surface area (Å²) in [6.07, 6.45) is -0.984. The second kappa shape index (κ2) is 6.53. The van der Waals surface area contributed by atoms with E-state index >= 15 is 0 Å². The first-order valence-electron chi connectivity index (χ1n) is 5.62. The van der Waals surface area contributed by atoms with E-state index in [9.17, 15) is 24.6 Å². The molecule has 1 aromatic rings. The molecule has 0 aliphatic heterocycles. The maximum atomic E-state index is 11.9. The van der Waals surface area contributed by atoms with Gasteiger partial charge in [0, 0.05) is 0 Å². The zero-order valence-corrected chi connectivity index (χ0v) is 10.5. The molecule has 0 spiro atoms. The number of carbonyl (C=O) groups excluding carboxylic acids is 2. The van der Waals surface area contributed by atoms with Crippen LogP contribution in [0.5, 0.6) is 5.75 Å². The molecule has 108 valence electrons. The summed E-state index contributed by atoms with van der Waals surface area (Å²) in [5, 5.41) is 32.2. The van der Waals surface area contributed by atoms with Crippen LogP contribution in [0.15, 0.2) is 18.2 Å². The van der Waals surface area contributed by atoms with Crippen molar-refractivity contribution < 1.29 is 29.7 Å². The van der Waals surface area contributed by atoms with Gasteiger partial charge in [0.25, 0.3) is 5.91 Å². The monoisotopic (exact) mass is 282 g/mol. The molecule has 0 radical (unpaired) electrons. The van der Waals surface area contributed by atoms with Gasteiger partial charge >= 0.3 is 5.97 Å². The molecule has 2 atom stereocenters. The zero-order chi connectivity index (χ0) is 15.3. The van der Waals surface area contributed by atoms with Crippen LogP contribution in [-0.4, -0.2) is 45.8 Å². The standard InChI is InChI=1S/C12H14N2O6/c1-6(16)9(12(19)20)14-11(18)7-3-2-4-8(10(7)17)13-5-15/h2-6,9,16-17H,1H3,(H,13,15)(H,14,18)(H,19,20). The lowest BCUT2D eigenvalue weighted by molar-refractivity contribution is -0.141. The van der Waals surface area contributed by atoms with Gasteiger partial charge in [-0.25, -0.2) is 4.79 Å². The van der Waals surface area contributed by atoms with Crippen molar-refractivity contribution in [3.8, 4) is 5.75 Å². The molecule has 0 bridgehead atoms. The highest BCUT2D eigenvalue weighted by Gasteiger charge is 2.26. The molecule has 5 N–H and O–H groups in total. The maximum absolute atomic E-state index is 11.9. The van der Waals surface area contributed by atoms with Gasteiger partial charge in [-0.3, -0.25) is 9.59 Å². The number of aliphatic carboxylic acids is 1. The molecule has 0 fully saturated rings. The number of rotatable bonds is 6. The molecule has 0 aliphatic rings. The van der Waals surface area contributed by atoms with Crippen molar-refractivity contribution in [2.24, 2.45) is 0 Å². The van der Waals surface area contributed by atoms with Gasteiger partial charge in [-0.15, -0.1) is 0 Å². The van der Waals surface area contributed by atoms with Gasteiger partial charge < -0.3 is 26.0 Å². The number of aromatic hydroxyl groups is 1. The normalized spacial score (nSPS) is 13.1. The number of phenols is 1. The Hall–Kier alpha value is -2.61. The average molecular weight is 282 g/mol. The van der Waals surface area contributed by atoms with Gasteiger partial charge in [0.15, 0.2) is 11.8 Å². The van der Waals surface area contributed by atoms with E-state index in [0.717, 1.165) is 0 Å². The van der Waals surface area contributed by atoms with E-state index in [4.69, 9.17) is 5.11 Å². The molecule has 20 heavy (non-hydrogen) atoms. The Morgan fingerprint density at radius 3 is 2.50 bits per heavy atom. The lowest BCUT2D eigenvalue weighted by atomic mass is 10.1. The number of para-hydroxylation sites is 1. The Bertz CT molecular complexity index is 529. The molecule has 2 amide bonds. The molecule has 8 nitrogen and oxygen atoms in total. The number of nitrogens with one attached hydrogen (secondary N) is 2. The third-order valence-electron chi connectivity index (χ3n) is 2.53. The summed E-state index contributed by atoms with van der Waals surface area (Å²) < 4.78 is 0. The van der Waals surface area contributed by atoms with Crippen molar-refractivity contribution in [1.29, 1.82) is 0 Å². The number of benzene rings is 1. The van der Waals surface area contributed by atoms with Crippen LogP contribution >= 0.6 is 0 Å². The predicted molar refractivity (Wildman–Crippen MR) is 68.4 cm³/mol. The predicted octanol–water partition coefficient (Wildman–Crippen LogP) is -0.476. The van der Waals surface area contributed by atoms with Gasteiger partial charge in [-0.2, -0.15) is 0 Å². The first-order valence-corrected chi connectivity index (χ1v) is 5.62. The van der Waals surface area contributed by atoms with Crippen LogP contribution in [0, 0.1) is 0 Å². The molecule has 2 unspecified atom stereocenters. The number of anilines is 1. The fraction of sp³-hybridized carbons (Fsp3) is 0.250. The minimum atomic E-state index is -1.51. The van der Waals surface area contributed by atoms with E-state index in [1.54, 1.807) is 0 Å². The fourth-order valence-corrected chi connectivity index (χ4v) is 1.51. The molecule has 1 rings (SSSR count). The zero-order valence-electron chi connectivity index (χ0n) is 10.5. The van der Waals surface area contributed by atoms with Crippen LogP contribution in [-0.2, 0) is 9.59 Å². The van der Waals surface area contributed by atoms with Gasteiger partial charge in [-0.05, 0) is 19.1 Å². The number of carboxylic acid groups (broad SMARTS) is 1.